The maximum atomic E-state index is 12.9. The van der Waals surface area contributed by atoms with Crippen LogP contribution in [0.25, 0.3) is 11.5 Å². The first-order valence-corrected chi connectivity index (χ1v) is 9.61. The number of hydrogen-bond acceptors (Lipinski definition) is 5. The van der Waals surface area contributed by atoms with Crippen LogP contribution in [0, 0.1) is 0 Å². The normalized spacial score (nSPS) is 14.7. The quantitative estimate of drug-likeness (QED) is 0.634. The average molecular weight is 432 g/mol. The summed E-state index contributed by atoms with van der Waals surface area (Å²) in [4.78, 5) is 32.5. The third-order valence-corrected chi connectivity index (χ3v) is 5.13. The van der Waals surface area contributed by atoms with Gasteiger partial charge in [-0.15, -0.1) is 0 Å². The number of benzene rings is 1. The minimum Gasteiger partial charge on any atom is -0.463 e. The minimum absolute atomic E-state index is 0.159. The van der Waals surface area contributed by atoms with Gasteiger partial charge >= 0.3 is 6.18 Å². The molecule has 1 fully saturated rings. The van der Waals surface area contributed by atoms with E-state index in [-0.39, 0.29) is 18.0 Å². The lowest BCUT2D eigenvalue weighted by atomic mass is 10.1. The number of halogens is 3. The zero-order valence-electron chi connectivity index (χ0n) is 16.4. The molecule has 1 aromatic carbocycles. The van der Waals surface area contributed by atoms with Crippen LogP contribution in [-0.4, -0.2) is 46.5 Å². The Bertz CT molecular complexity index is 1120. The molecule has 1 amide bonds. The Hall–Kier alpha value is -3.56. The number of hydrogen-bond donors (Lipinski definition) is 0. The Labute approximate surface area is 175 Å². The summed E-state index contributed by atoms with van der Waals surface area (Å²) < 4.78 is 45.2. The molecule has 0 bridgehead atoms. The van der Waals surface area contributed by atoms with Crippen molar-refractivity contribution in [2.75, 3.05) is 31.1 Å². The van der Waals surface area contributed by atoms with Crippen LogP contribution in [0.5, 0.6) is 0 Å². The summed E-state index contributed by atoms with van der Waals surface area (Å²) >= 11 is 0. The van der Waals surface area contributed by atoms with Gasteiger partial charge in [-0.1, -0.05) is 6.07 Å². The number of carbonyl (C=O) groups excluding carboxylic acids is 1. The molecule has 0 unspecified atom stereocenters. The van der Waals surface area contributed by atoms with Crippen LogP contribution >= 0.6 is 0 Å². The van der Waals surface area contributed by atoms with Crippen LogP contribution in [0.1, 0.15) is 5.56 Å². The summed E-state index contributed by atoms with van der Waals surface area (Å²) in [6.45, 7) is 1.34. The SMILES string of the molecule is O=C(Cn1cnc(-c2ccco2)cc1=O)N1CCN(c2cccc(C(F)(F)F)c2)CC1. The third kappa shape index (κ3) is 4.62. The molecule has 0 atom stereocenters. The highest BCUT2D eigenvalue weighted by molar-refractivity contribution is 5.76. The molecule has 7 nitrogen and oxygen atoms in total. The van der Waals surface area contributed by atoms with Gasteiger partial charge in [-0.05, 0) is 30.3 Å². The average Bonchev–Trinajstić information content (AvgIpc) is 3.30. The second-order valence-electron chi connectivity index (χ2n) is 7.13. The zero-order valence-corrected chi connectivity index (χ0v) is 16.4. The second kappa shape index (κ2) is 8.29. The summed E-state index contributed by atoms with van der Waals surface area (Å²) in [6, 6.07) is 9.82. The van der Waals surface area contributed by atoms with Crippen LogP contribution in [-0.2, 0) is 17.5 Å². The number of aromatic nitrogens is 2. The highest BCUT2D eigenvalue weighted by atomic mass is 19.4. The van der Waals surface area contributed by atoms with Crippen molar-refractivity contribution in [2.45, 2.75) is 12.7 Å². The van der Waals surface area contributed by atoms with E-state index in [9.17, 15) is 22.8 Å². The molecular weight excluding hydrogens is 413 g/mol. The summed E-state index contributed by atoms with van der Waals surface area (Å²) in [5, 5.41) is 0. The number of anilines is 1. The fourth-order valence-corrected chi connectivity index (χ4v) is 3.44. The predicted octanol–water partition coefficient (Wildman–Crippen LogP) is 2.87. The Kier molecular flexibility index (Phi) is 5.53. The molecule has 0 aliphatic carbocycles. The molecule has 2 aromatic heterocycles. The lowest BCUT2D eigenvalue weighted by Gasteiger charge is -2.36. The number of rotatable bonds is 4. The van der Waals surface area contributed by atoms with Gasteiger partial charge in [0.15, 0.2) is 5.76 Å². The number of amides is 1. The van der Waals surface area contributed by atoms with E-state index in [1.165, 1.54) is 29.3 Å². The van der Waals surface area contributed by atoms with Crippen molar-refractivity contribution in [3.63, 3.8) is 0 Å². The van der Waals surface area contributed by atoms with Crippen molar-refractivity contribution in [3.8, 4) is 11.5 Å². The van der Waals surface area contributed by atoms with Crippen LogP contribution in [0.4, 0.5) is 18.9 Å². The lowest BCUT2D eigenvalue weighted by molar-refractivity contribution is -0.137. The highest BCUT2D eigenvalue weighted by Gasteiger charge is 2.31. The topological polar surface area (TPSA) is 71.6 Å². The van der Waals surface area contributed by atoms with E-state index >= 15 is 0 Å². The molecule has 4 rings (SSSR count). The van der Waals surface area contributed by atoms with Gasteiger partial charge in [0, 0.05) is 37.9 Å². The number of piperazine rings is 1. The van der Waals surface area contributed by atoms with Crippen molar-refractivity contribution in [2.24, 2.45) is 0 Å². The van der Waals surface area contributed by atoms with Gasteiger partial charge in [0.25, 0.3) is 5.56 Å². The maximum absolute atomic E-state index is 12.9. The Balaban J connectivity index is 1.37. The number of nitrogens with zero attached hydrogens (tertiary/aromatic N) is 4. The highest BCUT2D eigenvalue weighted by Crippen LogP contribution is 2.31. The van der Waals surface area contributed by atoms with Gasteiger partial charge in [-0.2, -0.15) is 13.2 Å². The molecule has 10 heteroatoms. The van der Waals surface area contributed by atoms with Crippen LogP contribution < -0.4 is 10.5 Å². The second-order valence-corrected chi connectivity index (χ2v) is 7.13. The van der Waals surface area contributed by atoms with E-state index in [2.05, 4.69) is 4.98 Å². The molecule has 1 saturated heterocycles. The van der Waals surface area contributed by atoms with E-state index in [1.807, 2.05) is 4.90 Å². The molecule has 0 N–H and O–H groups in total. The molecule has 0 spiro atoms. The molecular formula is C21H19F3N4O3. The molecule has 1 aliphatic heterocycles. The monoisotopic (exact) mass is 432 g/mol. The third-order valence-electron chi connectivity index (χ3n) is 5.13. The number of alkyl halides is 3. The lowest BCUT2D eigenvalue weighted by Crippen LogP contribution is -2.50. The van der Waals surface area contributed by atoms with E-state index < -0.39 is 11.7 Å². The maximum Gasteiger partial charge on any atom is 0.416 e. The minimum atomic E-state index is -4.40. The largest absolute Gasteiger partial charge is 0.463 e. The summed E-state index contributed by atoms with van der Waals surface area (Å²) in [5.74, 6) is 0.208. The summed E-state index contributed by atoms with van der Waals surface area (Å²) in [6.07, 6.45) is -1.62. The van der Waals surface area contributed by atoms with E-state index in [0.717, 1.165) is 12.1 Å². The molecule has 162 valence electrons. The van der Waals surface area contributed by atoms with E-state index in [0.29, 0.717) is 43.3 Å². The van der Waals surface area contributed by atoms with Crippen molar-refractivity contribution >= 4 is 11.6 Å². The van der Waals surface area contributed by atoms with E-state index in [1.54, 1.807) is 23.1 Å². The fraction of sp³-hybridized carbons (Fsp3) is 0.286. The van der Waals surface area contributed by atoms with Gasteiger partial charge in [0.05, 0.1) is 18.2 Å². The van der Waals surface area contributed by atoms with Crippen LogP contribution in [0.3, 0.4) is 0 Å². The van der Waals surface area contributed by atoms with Gasteiger partial charge in [-0.25, -0.2) is 4.98 Å². The first-order valence-electron chi connectivity index (χ1n) is 9.61. The summed E-state index contributed by atoms with van der Waals surface area (Å²) in [5.41, 5.74) is -0.227. The first kappa shape index (κ1) is 20.7. The van der Waals surface area contributed by atoms with Gasteiger partial charge in [0.1, 0.15) is 12.2 Å². The molecule has 3 aromatic rings. The van der Waals surface area contributed by atoms with Crippen LogP contribution in [0.15, 0.2) is 64.3 Å². The Morgan fingerprint density at radius 1 is 1.06 bits per heavy atom. The van der Waals surface area contributed by atoms with Crippen LogP contribution in [0.2, 0.25) is 0 Å². The molecule has 0 radical (unpaired) electrons. The Morgan fingerprint density at radius 2 is 1.84 bits per heavy atom. The number of furan rings is 1. The fourth-order valence-electron chi connectivity index (χ4n) is 3.44. The van der Waals surface area contributed by atoms with Crippen molar-refractivity contribution < 1.29 is 22.4 Å². The smallest absolute Gasteiger partial charge is 0.416 e. The van der Waals surface area contributed by atoms with Gasteiger partial charge in [0.2, 0.25) is 5.91 Å². The van der Waals surface area contributed by atoms with Crippen molar-refractivity contribution in [1.29, 1.82) is 0 Å². The molecule has 31 heavy (non-hydrogen) atoms. The van der Waals surface area contributed by atoms with Crippen molar-refractivity contribution in [3.05, 3.63) is 71.0 Å². The number of carbonyl (C=O) groups is 1. The standard InChI is InChI=1S/C21H19F3N4O3/c22-21(23,24)15-3-1-4-16(11-15)26-6-8-27(9-7-26)20(30)13-28-14-25-17(12-19(28)29)18-5-2-10-31-18/h1-5,10-12,14H,6-9,13H2. The van der Waals surface area contributed by atoms with Crippen molar-refractivity contribution in [1.82, 2.24) is 14.5 Å². The molecule has 3 heterocycles. The van der Waals surface area contributed by atoms with E-state index in [4.69, 9.17) is 4.42 Å². The predicted molar refractivity (Wildman–Crippen MR) is 106 cm³/mol. The van der Waals surface area contributed by atoms with Gasteiger partial charge in [-0.3, -0.25) is 14.2 Å². The zero-order chi connectivity index (χ0) is 22.0. The Morgan fingerprint density at radius 3 is 2.48 bits per heavy atom. The summed E-state index contributed by atoms with van der Waals surface area (Å²) in [7, 11) is 0. The molecule has 1 aliphatic rings. The van der Waals surface area contributed by atoms with Gasteiger partial charge < -0.3 is 14.2 Å². The first-order chi connectivity index (χ1) is 14.8. The molecule has 0 saturated carbocycles.